The molecule has 3 heterocycles. The number of likely N-dealkylation sites (tertiary alicyclic amines) is 1. The van der Waals surface area contributed by atoms with Gasteiger partial charge < -0.3 is 14.5 Å². The van der Waals surface area contributed by atoms with Crippen molar-refractivity contribution in [3.8, 4) is 28.8 Å². The molecule has 2 aliphatic rings. The molecule has 35 heavy (non-hydrogen) atoms. The number of nitrogens with zero attached hydrogens (tertiary/aromatic N) is 5. The molecule has 3 aromatic rings. The largest absolute Gasteiger partial charge is 0.494 e. The summed E-state index contributed by atoms with van der Waals surface area (Å²) < 4.78 is 21.9. The van der Waals surface area contributed by atoms with Crippen molar-refractivity contribution in [2.24, 2.45) is 0 Å². The van der Waals surface area contributed by atoms with Crippen molar-refractivity contribution < 1.29 is 13.9 Å². The molecular weight excluding hydrogens is 445 g/mol. The Labute approximate surface area is 204 Å². The molecule has 5 rings (SSSR count). The van der Waals surface area contributed by atoms with Crippen LogP contribution in [-0.2, 0) is 0 Å². The van der Waals surface area contributed by atoms with Gasteiger partial charge in [0, 0.05) is 43.5 Å². The summed E-state index contributed by atoms with van der Waals surface area (Å²) in [7, 11) is 1.61. The van der Waals surface area contributed by atoms with Crippen LogP contribution in [0.4, 0.5) is 10.1 Å². The molecule has 0 N–H and O–H groups in total. The maximum absolute atomic E-state index is 14.5. The fourth-order valence-corrected chi connectivity index (χ4v) is 4.91. The summed E-state index contributed by atoms with van der Waals surface area (Å²) in [6.45, 7) is 3.43. The van der Waals surface area contributed by atoms with Crippen molar-refractivity contribution in [3.05, 3.63) is 59.5 Å². The van der Waals surface area contributed by atoms with Gasteiger partial charge in [-0.2, -0.15) is 10.4 Å². The number of rotatable bonds is 5. The predicted octanol–water partition coefficient (Wildman–Crippen LogP) is 4.78. The molecule has 1 aromatic heterocycles. The molecular formula is C27H28FN5O2. The molecule has 0 bridgehead atoms. The Morgan fingerprint density at radius 1 is 1.00 bits per heavy atom. The van der Waals surface area contributed by atoms with Crippen LogP contribution in [0.2, 0.25) is 0 Å². The predicted molar refractivity (Wildman–Crippen MR) is 131 cm³/mol. The lowest BCUT2D eigenvalue weighted by atomic mass is 10.1. The lowest BCUT2D eigenvalue weighted by Gasteiger charge is -2.25. The number of methoxy groups -OCH3 is 1. The Bertz CT molecular complexity index is 1280. The van der Waals surface area contributed by atoms with Crippen molar-refractivity contribution in [3.63, 3.8) is 0 Å². The van der Waals surface area contributed by atoms with E-state index < -0.39 is 5.82 Å². The van der Waals surface area contributed by atoms with E-state index in [1.54, 1.807) is 23.9 Å². The first kappa shape index (κ1) is 22.9. The summed E-state index contributed by atoms with van der Waals surface area (Å²) in [5.74, 6) is -0.130. The highest BCUT2D eigenvalue weighted by atomic mass is 19.1. The van der Waals surface area contributed by atoms with Gasteiger partial charge in [0.25, 0.3) is 5.91 Å². The molecule has 0 saturated carbocycles. The van der Waals surface area contributed by atoms with Crippen LogP contribution in [0.3, 0.4) is 0 Å². The van der Waals surface area contributed by atoms with Crippen molar-refractivity contribution in [1.82, 2.24) is 14.7 Å². The first-order valence-corrected chi connectivity index (χ1v) is 12.1. The molecule has 0 radical (unpaired) electrons. The van der Waals surface area contributed by atoms with Crippen LogP contribution < -0.4 is 9.64 Å². The summed E-state index contributed by atoms with van der Waals surface area (Å²) in [6.07, 6.45) is 5.41. The third-order valence-electron chi connectivity index (χ3n) is 6.82. The van der Waals surface area contributed by atoms with E-state index in [4.69, 9.17) is 10.00 Å². The van der Waals surface area contributed by atoms with E-state index in [1.807, 2.05) is 29.2 Å². The number of carbonyl (C=O) groups excluding carboxylic acids is 1. The number of hydrogen-bond acceptors (Lipinski definition) is 5. The van der Waals surface area contributed by atoms with Gasteiger partial charge in [-0.05, 0) is 62.4 Å². The van der Waals surface area contributed by atoms with E-state index in [9.17, 15) is 9.18 Å². The van der Waals surface area contributed by atoms with E-state index in [1.165, 1.54) is 25.0 Å². The first-order valence-electron chi connectivity index (χ1n) is 12.1. The number of halogens is 1. The average molecular weight is 474 g/mol. The van der Waals surface area contributed by atoms with Gasteiger partial charge in [-0.3, -0.25) is 4.79 Å². The molecule has 0 aliphatic carbocycles. The SMILES string of the molecule is COc1cc(N2CCCC2)ccc1-n1nc(C(=O)N2CCCCC2)cc1-c1ccc(C#N)c(F)c1. The molecule has 7 nitrogen and oxygen atoms in total. The molecule has 180 valence electrons. The van der Waals surface area contributed by atoms with Crippen molar-refractivity contribution >= 4 is 11.6 Å². The molecule has 2 aromatic carbocycles. The van der Waals surface area contributed by atoms with Gasteiger partial charge in [-0.15, -0.1) is 0 Å². The van der Waals surface area contributed by atoms with Gasteiger partial charge in [0.2, 0.25) is 0 Å². The van der Waals surface area contributed by atoms with Gasteiger partial charge in [0.05, 0.1) is 18.4 Å². The van der Waals surface area contributed by atoms with E-state index in [0.29, 0.717) is 41.5 Å². The number of aromatic nitrogens is 2. The number of anilines is 1. The van der Waals surface area contributed by atoms with Crippen molar-refractivity contribution in [2.75, 3.05) is 38.2 Å². The Kier molecular flexibility index (Phi) is 6.41. The van der Waals surface area contributed by atoms with Crippen molar-refractivity contribution in [2.45, 2.75) is 32.1 Å². The Morgan fingerprint density at radius 2 is 1.74 bits per heavy atom. The molecule has 2 fully saturated rings. The van der Waals surface area contributed by atoms with Crippen LogP contribution in [-0.4, -0.2) is 53.9 Å². The minimum atomic E-state index is -0.613. The molecule has 1 amide bonds. The monoisotopic (exact) mass is 473 g/mol. The van der Waals surface area contributed by atoms with Crippen LogP contribution in [0.25, 0.3) is 16.9 Å². The number of hydrogen-bond donors (Lipinski definition) is 0. The molecule has 0 spiro atoms. The highest BCUT2D eigenvalue weighted by Crippen LogP contribution is 2.34. The lowest BCUT2D eigenvalue weighted by Crippen LogP contribution is -2.35. The molecule has 2 aliphatic heterocycles. The topological polar surface area (TPSA) is 74.4 Å². The number of benzene rings is 2. The summed E-state index contributed by atoms with van der Waals surface area (Å²) >= 11 is 0. The van der Waals surface area contributed by atoms with Crippen LogP contribution in [0.5, 0.6) is 5.75 Å². The minimum absolute atomic E-state index is 0.0306. The molecule has 0 atom stereocenters. The van der Waals surface area contributed by atoms with Gasteiger partial charge in [0.15, 0.2) is 5.69 Å². The first-order chi connectivity index (χ1) is 17.1. The number of carbonyl (C=O) groups is 1. The maximum Gasteiger partial charge on any atom is 0.274 e. The zero-order valence-electron chi connectivity index (χ0n) is 19.8. The van der Waals surface area contributed by atoms with Gasteiger partial charge in [0.1, 0.15) is 23.3 Å². The smallest absolute Gasteiger partial charge is 0.274 e. The standard InChI is InChI=1S/C27H28FN5O2/c1-35-26-16-21(31-11-5-6-12-31)9-10-24(26)33-25(19-7-8-20(18-29)22(28)15-19)17-23(30-33)27(34)32-13-3-2-4-14-32/h7-10,15-17H,2-6,11-14H2,1H3. The van der Waals surface area contributed by atoms with Crippen LogP contribution in [0.15, 0.2) is 42.5 Å². The number of piperidine rings is 1. The van der Waals surface area contributed by atoms with E-state index in [0.717, 1.165) is 38.0 Å². The number of amides is 1. The van der Waals surface area contributed by atoms with E-state index in [2.05, 4.69) is 10.00 Å². The van der Waals surface area contributed by atoms with Gasteiger partial charge >= 0.3 is 0 Å². The summed E-state index contributed by atoms with van der Waals surface area (Å²) in [6, 6.07) is 13.9. The summed E-state index contributed by atoms with van der Waals surface area (Å²) in [5, 5.41) is 13.8. The number of ether oxygens (including phenoxy) is 1. The fourth-order valence-electron chi connectivity index (χ4n) is 4.91. The van der Waals surface area contributed by atoms with Gasteiger partial charge in [-0.1, -0.05) is 6.07 Å². The second-order valence-electron chi connectivity index (χ2n) is 9.04. The zero-order valence-corrected chi connectivity index (χ0v) is 19.8. The lowest BCUT2D eigenvalue weighted by molar-refractivity contribution is 0.0718. The third-order valence-corrected chi connectivity index (χ3v) is 6.82. The normalized spacial score (nSPS) is 15.8. The van der Waals surface area contributed by atoms with Crippen molar-refractivity contribution in [1.29, 1.82) is 5.26 Å². The second-order valence-corrected chi connectivity index (χ2v) is 9.04. The Morgan fingerprint density at radius 3 is 2.43 bits per heavy atom. The fraction of sp³-hybridized carbons (Fsp3) is 0.370. The zero-order chi connectivity index (χ0) is 24.4. The quantitative estimate of drug-likeness (QED) is 0.533. The Balaban J connectivity index is 1.61. The van der Waals surface area contributed by atoms with Crippen LogP contribution in [0, 0.1) is 17.1 Å². The third kappa shape index (κ3) is 4.46. The second kappa shape index (κ2) is 9.79. The highest BCUT2D eigenvalue weighted by molar-refractivity contribution is 5.94. The molecule has 8 heteroatoms. The molecule has 0 unspecified atom stereocenters. The average Bonchev–Trinajstić information content (AvgIpc) is 3.59. The van der Waals surface area contributed by atoms with Gasteiger partial charge in [-0.25, -0.2) is 9.07 Å². The van der Waals surface area contributed by atoms with E-state index in [-0.39, 0.29) is 11.5 Å². The maximum atomic E-state index is 14.5. The number of nitriles is 1. The molecule has 2 saturated heterocycles. The minimum Gasteiger partial charge on any atom is -0.494 e. The van der Waals surface area contributed by atoms with Crippen LogP contribution >= 0.6 is 0 Å². The van der Waals surface area contributed by atoms with Crippen LogP contribution in [0.1, 0.15) is 48.2 Å². The summed E-state index contributed by atoms with van der Waals surface area (Å²) in [4.78, 5) is 17.4. The summed E-state index contributed by atoms with van der Waals surface area (Å²) in [5.41, 5.74) is 3.09. The van der Waals surface area contributed by atoms with E-state index >= 15 is 0 Å². The highest BCUT2D eigenvalue weighted by Gasteiger charge is 2.25. The Hall–Kier alpha value is -3.86.